The smallest absolute Gasteiger partial charge is 0.295 e. The summed E-state index contributed by atoms with van der Waals surface area (Å²) in [6, 6.07) is 12.4. The number of nitrogens with one attached hydrogen (secondary N) is 1. The molecule has 1 amide bonds. The van der Waals surface area contributed by atoms with Crippen molar-refractivity contribution in [1.82, 2.24) is 14.8 Å². The first-order valence-electron chi connectivity index (χ1n) is 10.9. The predicted molar refractivity (Wildman–Crippen MR) is 128 cm³/mol. The van der Waals surface area contributed by atoms with E-state index in [-0.39, 0.29) is 11.3 Å². The van der Waals surface area contributed by atoms with Crippen molar-refractivity contribution >= 4 is 28.4 Å². The van der Waals surface area contributed by atoms with Gasteiger partial charge in [-0.15, -0.1) is 0 Å². The molecule has 1 aromatic heterocycles. The Morgan fingerprint density at radius 1 is 1.15 bits per heavy atom. The second-order valence-corrected chi connectivity index (χ2v) is 8.71. The highest BCUT2D eigenvalue weighted by atomic mass is 16.5. The number of H-pyrrole nitrogens is 1. The van der Waals surface area contributed by atoms with Crippen molar-refractivity contribution in [3.8, 4) is 5.75 Å². The molecule has 1 saturated heterocycles. The number of ketones is 1. The van der Waals surface area contributed by atoms with Crippen LogP contribution in [0.25, 0.3) is 16.7 Å². The number of aromatic nitrogens is 1. The number of likely N-dealkylation sites (tertiary alicyclic amines) is 1. The number of aromatic amines is 1. The van der Waals surface area contributed by atoms with Gasteiger partial charge in [0, 0.05) is 35.2 Å². The fourth-order valence-corrected chi connectivity index (χ4v) is 4.52. The van der Waals surface area contributed by atoms with Gasteiger partial charge in [-0.25, -0.2) is 0 Å². The van der Waals surface area contributed by atoms with Crippen LogP contribution in [0.2, 0.25) is 0 Å². The van der Waals surface area contributed by atoms with Gasteiger partial charge in [0.1, 0.15) is 11.5 Å². The second kappa shape index (κ2) is 8.75. The Labute approximate surface area is 193 Å². The van der Waals surface area contributed by atoms with Crippen LogP contribution in [0.5, 0.6) is 5.75 Å². The number of aliphatic hydroxyl groups excluding tert-OH is 1. The molecule has 0 saturated carbocycles. The van der Waals surface area contributed by atoms with Crippen molar-refractivity contribution in [3.05, 3.63) is 70.4 Å². The number of para-hydroxylation sites is 1. The Morgan fingerprint density at radius 2 is 1.88 bits per heavy atom. The van der Waals surface area contributed by atoms with E-state index in [2.05, 4.69) is 4.98 Å². The minimum Gasteiger partial charge on any atom is -0.507 e. The predicted octanol–water partition coefficient (Wildman–Crippen LogP) is 3.78. The van der Waals surface area contributed by atoms with Gasteiger partial charge in [0.2, 0.25) is 0 Å². The number of carbonyl (C=O) groups is 2. The zero-order valence-corrected chi connectivity index (χ0v) is 19.6. The summed E-state index contributed by atoms with van der Waals surface area (Å²) in [5.74, 6) is -1.09. The van der Waals surface area contributed by atoms with Gasteiger partial charge >= 0.3 is 0 Å². The van der Waals surface area contributed by atoms with Crippen LogP contribution in [0.1, 0.15) is 28.4 Å². The van der Waals surface area contributed by atoms with Crippen molar-refractivity contribution in [1.29, 1.82) is 0 Å². The highest BCUT2D eigenvalue weighted by Gasteiger charge is 2.47. The molecule has 33 heavy (non-hydrogen) atoms. The van der Waals surface area contributed by atoms with Crippen molar-refractivity contribution < 1.29 is 19.4 Å². The van der Waals surface area contributed by atoms with Crippen LogP contribution in [0.3, 0.4) is 0 Å². The Balaban J connectivity index is 1.99. The maximum absolute atomic E-state index is 13.3. The molecule has 2 heterocycles. The van der Waals surface area contributed by atoms with Crippen molar-refractivity contribution in [2.45, 2.75) is 19.9 Å². The van der Waals surface area contributed by atoms with E-state index in [1.165, 1.54) is 7.11 Å². The van der Waals surface area contributed by atoms with Gasteiger partial charge in [-0.1, -0.05) is 29.8 Å². The van der Waals surface area contributed by atoms with Crippen LogP contribution < -0.4 is 4.74 Å². The molecule has 0 spiro atoms. The molecule has 7 heteroatoms. The van der Waals surface area contributed by atoms with Gasteiger partial charge < -0.3 is 24.6 Å². The van der Waals surface area contributed by atoms with Crippen molar-refractivity contribution in [2.75, 3.05) is 34.3 Å². The molecule has 2 N–H and O–H groups in total. The lowest BCUT2D eigenvalue weighted by atomic mass is 9.92. The van der Waals surface area contributed by atoms with Crippen LogP contribution in [0.4, 0.5) is 0 Å². The Morgan fingerprint density at radius 3 is 2.58 bits per heavy atom. The fraction of sp³-hybridized carbons (Fsp3) is 0.308. The third kappa shape index (κ3) is 3.89. The normalized spacial score (nSPS) is 18.0. The summed E-state index contributed by atoms with van der Waals surface area (Å²) in [6.45, 7) is 4.75. The quantitative estimate of drug-likeness (QED) is 0.341. The fourth-order valence-electron chi connectivity index (χ4n) is 4.52. The number of benzene rings is 2. The molecule has 0 radical (unpaired) electrons. The number of fused-ring (bicyclic) bond motifs is 1. The third-order valence-electron chi connectivity index (χ3n) is 6.16. The first-order chi connectivity index (χ1) is 15.7. The maximum atomic E-state index is 13.3. The summed E-state index contributed by atoms with van der Waals surface area (Å²) in [4.78, 5) is 33.4. The van der Waals surface area contributed by atoms with E-state index in [1.807, 2.05) is 63.2 Å². The largest absolute Gasteiger partial charge is 0.507 e. The van der Waals surface area contributed by atoms with E-state index in [9.17, 15) is 14.7 Å². The van der Waals surface area contributed by atoms with E-state index < -0.39 is 17.7 Å². The molecule has 0 aliphatic carbocycles. The first-order valence-corrected chi connectivity index (χ1v) is 10.9. The number of likely N-dealkylation sites (N-methyl/N-ethyl adjacent to an activating group) is 1. The molecule has 1 fully saturated rings. The summed E-state index contributed by atoms with van der Waals surface area (Å²) in [5.41, 5.74) is 3.95. The zero-order valence-electron chi connectivity index (χ0n) is 19.6. The van der Waals surface area contributed by atoms with Crippen LogP contribution in [-0.2, 0) is 9.59 Å². The lowest BCUT2D eigenvalue weighted by Crippen LogP contribution is -2.35. The summed E-state index contributed by atoms with van der Waals surface area (Å²) in [7, 11) is 5.35. The Kier molecular flexibility index (Phi) is 5.99. The molecule has 1 unspecified atom stereocenters. The van der Waals surface area contributed by atoms with Gasteiger partial charge in [-0.05, 0) is 46.1 Å². The number of aryl methyl sites for hydroxylation is 2. The molecular formula is C26H29N3O4. The van der Waals surface area contributed by atoms with E-state index in [0.717, 1.165) is 27.7 Å². The number of hydrogen-bond acceptors (Lipinski definition) is 5. The molecule has 1 aliphatic heterocycles. The SMILES string of the molecule is COc1ccc(C)cc1/C(O)=C1\C(=O)C(=O)N(CCN(C)C)C1c1c(C)[nH]c2ccccc12. The van der Waals surface area contributed by atoms with Crippen molar-refractivity contribution in [2.24, 2.45) is 0 Å². The molecule has 3 aromatic rings. The molecule has 7 nitrogen and oxygen atoms in total. The summed E-state index contributed by atoms with van der Waals surface area (Å²) < 4.78 is 5.45. The van der Waals surface area contributed by atoms with Gasteiger partial charge in [-0.2, -0.15) is 0 Å². The van der Waals surface area contributed by atoms with Gasteiger partial charge in [0.25, 0.3) is 11.7 Å². The average molecular weight is 448 g/mol. The minimum absolute atomic E-state index is 0.0792. The number of hydrogen-bond donors (Lipinski definition) is 2. The highest BCUT2D eigenvalue weighted by Crippen LogP contribution is 2.44. The standard InChI is InChI=1S/C26H29N3O4/c1-15-10-11-20(33-5)18(14-15)24(30)22-23(29(13-12-28(3)4)26(32)25(22)31)21-16(2)27-19-9-7-6-8-17(19)21/h6-11,14,23,27,30H,12-13H2,1-5H3/b24-22+. The van der Waals surface area contributed by atoms with Crippen molar-refractivity contribution in [3.63, 3.8) is 0 Å². The summed E-state index contributed by atoms with van der Waals surface area (Å²) >= 11 is 0. The van der Waals surface area contributed by atoms with E-state index >= 15 is 0 Å². The Hall–Kier alpha value is -3.58. The molecule has 1 aliphatic rings. The number of rotatable bonds is 6. The number of amides is 1. The van der Waals surface area contributed by atoms with Gasteiger partial charge in [-0.3, -0.25) is 9.59 Å². The highest BCUT2D eigenvalue weighted by molar-refractivity contribution is 6.46. The molecular weight excluding hydrogens is 418 g/mol. The van der Waals surface area contributed by atoms with Crippen LogP contribution in [0.15, 0.2) is 48.0 Å². The lowest BCUT2D eigenvalue weighted by molar-refractivity contribution is -0.140. The summed E-state index contributed by atoms with van der Waals surface area (Å²) in [5, 5.41) is 12.4. The zero-order chi connectivity index (χ0) is 23.9. The number of ether oxygens (including phenoxy) is 1. The maximum Gasteiger partial charge on any atom is 0.295 e. The van der Waals surface area contributed by atoms with Crippen LogP contribution in [-0.4, -0.2) is 65.9 Å². The monoisotopic (exact) mass is 447 g/mol. The number of carbonyl (C=O) groups excluding carboxylic acids is 2. The number of Topliss-reactive ketones (excluding diaryl/α,β-unsaturated/α-hetero) is 1. The molecule has 1 atom stereocenters. The van der Waals surface area contributed by atoms with E-state index in [0.29, 0.717) is 24.4 Å². The third-order valence-corrected chi connectivity index (χ3v) is 6.16. The van der Waals surface area contributed by atoms with E-state index in [4.69, 9.17) is 4.74 Å². The molecule has 172 valence electrons. The number of methoxy groups -OCH3 is 1. The molecule has 2 aromatic carbocycles. The number of aliphatic hydroxyl groups is 1. The van der Waals surface area contributed by atoms with Crippen LogP contribution >= 0.6 is 0 Å². The van der Waals surface area contributed by atoms with Gasteiger partial charge in [0.15, 0.2) is 0 Å². The minimum atomic E-state index is -0.716. The molecule has 4 rings (SSSR count). The number of nitrogens with zero attached hydrogens (tertiary/aromatic N) is 2. The first kappa shape index (κ1) is 22.6. The second-order valence-electron chi connectivity index (χ2n) is 8.71. The topological polar surface area (TPSA) is 85.9 Å². The van der Waals surface area contributed by atoms with E-state index in [1.54, 1.807) is 17.0 Å². The van der Waals surface area contributed by atoms with Crippen LogP contribution in [0, 0.1) is 13.8 Å². The average Bonchev–Trinajstić information content (AvgIpc) is 3.24. The lowest BCUT2D eigenvalue weighted by Gasteiger charge is -2.27. The Bertz CT molecular complexity index is 1270. The molecule has 0 bridgehead atoms. The summed E-state index contributed by atoms with van der Waals surface area (Å²) in [6.07, 6.45) is 0. The van der Waals surface area contributed by atoms with Gasteiger partial charge in [0.05, 0.1) is 24.3 Å².